The SMILES string of the molecule is Cc1ccc([C@@H]2[C@@H](O)[C@H](O)[C@@H](C)N2C)cc1. The number of aliphatic hydroxyl groups is 2. The fourth-order valence-electron chi connectivity index (χ4n) is 2.40. The molecule has 1 fully saturated rings. The zero-order valence-corrected chi connectivity index (χ0v) is 9.96. The molecule has 0 amide bonds. The Morgan fingerprint density at radius 1 is 1.06 bits per heavy atom. The van der Waals surface area contributed by atoms with E-state index in [-0.39, 0.29) is 12.1 Å². The van der Waals surface area contributed by atoms with Crippen molar-refractivity contribution < 1.29 is 10.2 Å². The number of rotatable bonds is 1. The van der Waals surface area contributed by atoms with E-state index in [0.717, 1.165) is 5.56 Å². The number of hydrogen-bond acceptors (Lipinski definition) is 3. The van der Waals surface area contributed by atoms with E-state index in [0.29, 0.717) is 0 Å². The summed E-state index contributed by atoms with van der Waals surface area (Å²) in [6.07, 6.45) is -1.38. The first-order chi connectivity index (χ1) is 7.52. The van der Waals surface area contributed by atoms with Gasteiger partial charge in [0, 0.05) is 6.04 Å². The molecule has 0 bridgehead atoms. The molecule has 4 atom stereocenters. The van der Waals surface area contributed by atoms with Gasteiger partial charge in [-0.15, -0.1) is 0 Å². The van der Waals surface area contributed by atoms with Gasteiger partial charge in [-0.1, -0.05) is 29.8 Å². The topological polar surface area (TPSA) is 43.7 Å². The van der Waals surface area contributed by atoms with Gasteiger partial charge in [-0.2, -0.15) is 0 Å². The summed E-state index contributed by atoms with van der Waals surface area (Å²) in [7, 11) is 1.94. The molecule has 88 valence electrons. The largest absolute Gasteiger partial charge is 0.389 e. The van der Waals surface area contributed by atoms with Crippen molar-refractivity contribution in [2.45, 2.75) is 38.1 Å². The van der Waals surface area contributed by atoms with Crippen LogP contribution in [-0.2, 0) is 0 Å². The van der Waals surface area contributed by atoms with E-state index in [1.165, 1.54) is 5.56 Å². The molecular weight excluding hydrogens is 202 g/mol. The minimum Gasteiger partial charge on any atom is -0.389 e. The lowest BCUT2D eigenvalue weighted by molar-refractivity contribution is 0.0300. The van der Waals surface area contributed by atoms with E-state index in [1.54, 1.807) is 0 Å². The molecule has 1 aliphatic heterocycles. The van der Waals surface area contributed by atoms with Crippen molar-refractivity contribution in [3.05, 3.63) is 35.4 Å². The molecule has 2 rings (SSSR count). The first-order valence-electron chi connectivity index (χ1n) is 5.67. The molecule has 0 unspecified atom stereocenters. The molecule has 0 spiro atoms. The maximum atomic E-state index is 10.0. The van der Waals surface area contributed by atoms with Gasteiger partial charge < -0.3 is 10.2 Å². The van der Waals surface area contributed by atoms with Gasteiger partial charge in [0.25, 0.3) is 0 Å². The van der Waals surface area contributed by atoms with Crippen molar-refractivity contribution in [3.63, 3.8) is 0 Å². The van der Waals surface area contributed by atoms with Gasteiger partial charge in [-0.25, -0.2) is 0 Å². The summed E-state index contributed by atoms with van der Waals surface area (Å²) in [5.41, 5.74) is 2.26. The quantitative estimate of drug-likeness (QED) is 0.746. The molecule has 1 aliphatic rings. The predicted octanol–water partition coefficient (Wildman–Crippen LogP) is 1.09. The first kappa shape index (κ1) is 11.6. The molecule has 2 N–H and O–H groups in total. The highest BCUT2D eigenvalue weighted by Crippen LogP contribution is 2.35. The minimum absolute atomic E-state index is 0.0127. The minimum atomic E-state index is -0.706. The van der Waals surface area contributed by atoms with Gasteiger partial charge in [0.1, 0.15) is 6.10 Å². The van der Waals surface area contributed by atoms with Gasteiger partial charge >= 0.3 is 0 Å². The zero-order valence-electron chi connectivity index (χ0n) is 9.96. The van der Waals surface area contributed by atoms with Crippen LogP contribution in [-0.4, -0.2) is 40.4 Å². The summed E-state index contributed by atoms with van der Waals surface area (Å²) < 4.78 is 0. The van der Waals surface area contributed by atoms with E-state index in [1.807, 2.05) is 50.1 Å². The number of nitrogens with zero attached hydrogens (tertiary/aromatic N) is 1. The van der Waals surface area contributed by atoms with Gasteiger partial charge in [-0.05, 0) is 26.5 Å². The van der Waals surface area contributed by atoms with Crippen molar-refractivity contribution in [2.75, 3.05) is 7.05 Å². The molecule has 1 aromatic rings. The highest BCUT2D eigenvalue weighted by molar-refractivity contribution is 5.27. The van der Waals surface area contributed by atoms with E-state index in [2.05, 4.69) is 0 Å². The van der Waals surface area contributed by atoms with Crippen LogP contribution in [0.2, 0.25) is 0 Å². The lowest BCUT2D eigenvalue weighted by atomic mass is 10.00. The van der Waals surface area contributed by atoms with E-state index < -0.39 is 12.2 Å². The van der Waals surface area contributed by atoms with Crippen LogP contribution in [0, 0.1) is 6.92 Å². The van der Waals surface area contributed by atoms with Gasteiger partial charge in [0.05, 0.1) is 12.1 Å². The molecule has 1 aromatic carbocycles. The molecule has 0 aliphatic carbocycles. The van der Waals surface area contributed by atoms with Crippen LogP contribution in [0.25, 0.3) is 0 Å². The average molecular weight is 221 g/mol. The predicted molar refractivity (Wildman–Crippen MR) is 63.2 cm³/mol. The zero-order chi connectivity index (χ0) is 11.9. The number of hydrogen-bond donors (Lipinski definition) is 2. The Bertz CT molecular complexity index is 349. The number of aliphatic hydroxyl groups excluding tert-OH is 2. The summed E-state index contributed by atoms with van der Waals surface area (Å²) in [4.78, 5) is 2.03. The van der Waals surface area contributed by atoms with Crippen LogP contribution in [0.5, 0.6) is 0 Å². The summed E-state index contributed by atoms with van der Waals surface area (Å²) in [6, 6.07) is 7.98. The Hall–Kier alpha value is -0.900. The summed E-state index contributed by atoms with van der Waals surface area (Å²) in [5.74, 6) is 0. The Morgan fingerprint density at radius 2 is 1.62 bits per heavy atom. The molecule has 0 saturated carbocycles. The van der Waals surface area contributed by atoms with Crippen LogP contribution in [0.1, 0.15) is 24.1 Å². The Balaban J connectivity index is 2.30. The summed E-state index contributed by atoms with van der Waals surface area (Å²) in [5, 5.41) is 19.9. The van der Waals surface area contributed by atoms with Crippen molar-refractivity contribution in [1.29, 1.82) is 0 Å². The highest BCUT2D eigenvalue weighted by Gasteiger charge is 2.43. The molecule has 16 heavy (non-hydrogen) atoms. The second-order valence-corrected chi connectivity index (χ2v) is 4.74. The molecule has 3 heteroatoms. The summed E-state index contributed by atoms with van der Waals surface area (Å²) in [6.45, 7) is 3.97. The lowest BCUT2D eigenvalue weighted by Crippen LogP contribution is -2.30. The molecular formula is C13H19NO2. The number of likely N-dealkylation sites (N-methyl/N-ethyl adjacent to an activating group) is 1. The average Bonchev–Trinajstić information content (AvgIpc) is 2.46. The number of likely N-dealkylation sites (tertiary alicyclic amines) is 1. The standard InChI is InChI=1S/C13H19NO2/c1-8-4-6-10(7-5-8)11-13(16)12(15)9(2)14(11)3/h4-7,9,11-13,15-16H,1-3H3/t9-,11-,12-,13-/m1/s1. The van der Waals surface area contributed by atoms with Gasteiger partial charge in [-0.3, -0.25) is 4.90 Å². The maximum absolute atomic E-state index is 10.0. The van der Waals surface area contributed by atoms with Crippen LogP contribution in [0.4, 0.5) is 0 Å². The van der Waals surface area contributed by atoms with Crippen molar-refractivity contribution in [3.8, 4) is 0 Å². The van der Waals surface area contributed by atoms with Crippen molar-refractivity contribution in [2.24, 2.45) is 0 Å². The number of benzene rings is 1. The third-order valence-electron chi connectivity index (χ3n) is 3.67. The first-order valence-corrected chi connectivity index (χ1v) is 5.67. The van der Waals surface area contributed by atoms with Crippen molar-refractivity contribution >= 4 is 0 Å². The van der Waals surface area contributed by atoms with E-state index >= 15 is 0 Å². The Labute approximate surface area is 96.3 Å². The molecule has 0 aromatic heterocycles. The van der Waals surface area contributed by atoms with Crippen LogP contribution in [0.3, 0.4) is 0 Å². The smallest absolute Gasteiger partial charge is 0.101 e. The molecule has 0 radical (unpaired) electrons. The van der Waals surface area contributed by atoms with E-state index in [9.17, 15) is 10.2 Å². The normalized spacial score (nSPS) is 35.6. The Morgan fingerprint density at radius 3 is 2.06 bits per heavy atom. The highest BCUT2D eigenvalue weighted by atomic mass is 16.3. The maximum Gasteiger partial charge on any atom is 0.101 e. The summed E-state index contributed by atoms with van der Waals surface area (Å²) >= 11 is 0. The number of aryl methyl sites for hydroxylation is 1. The van der Waals surface area contributed by atoms with Crippen molar-refractivity contribution in [1.82, 2.24) is 4.90 Å². The lowest BCUT2D eigenvalue weighted by Gasteiger charge is -2.24. The molecule has 1 heterocycles. The van der Waals surface area contributed by atoms with Gasteiger partial charge in [0.15, 0.2) is 0 Å². The van der Waals surface area contributed by atoms with Crippen LogP contribution < -0.4 is 0 Å². The Kier molecular flexibility index (Phi) is 3.02. The third-order valence-corrected chi connectivity index (χ3v) is 3.67. The second-order valence-electron chi connectivity index (χ2n) is 4.74. The van der Waals surface area contributed by atoms with E-state index in [4.69, 9.17) is 0 Å². The second kappa shape index (κ2) is 4.17. The fourth-order valence-corrected chi connectivity index (χ4v) is 2.40. The third kappa shape index (κ3) is 1.75. The fraction of sp³-hybridized carbons (Fsp3) is 0.538. The van der Waals surface area contributed by atoms with Crippen LogP contribution in [0.15, 0.2) is 24.3 Å². The van der Waals surface area contributed by atoms with Crippen LogP contribution >= 0.6 is 0 Å². The molecule has 1 saturated heterocycles. The van der Waals surface area contributed by atoms with Gasteiger partial charge in [0.2, 0.25) is 0 Å². The monoisotopic (exact) mass is 221 g/mol. The molecule has 3 nitrogen and oxygen atoms in total.